The van der Waals surface area contributed by atoms with E-state index >= 15 is 0 Å². The van der Waals surface area contributed by atoms with E-state index in [1.54, 1.807) is 24.3 Å². The highest BCUT2D eigenvalue weighted by atomic mass is 35.5. The van der Waals surface area contributed by atoms with E-state index < -0.39 is 0 Å². The second kappa shape index (κ2) is 6.26. The number of rotatable bonds is 3. The highest BCUT2D eigenvalue weighted by Crippen LogP contribution is 2.24. The topological polar surface area (TPSA) is 55.1 Å². The van der Waals surface area contributed by atoms with Crippen LogP contribution in [0.2, 0.25) is 5.02 Å². The largest absolute Gasteiger partial charge is 0.399 e. The Balaban J connectivity index is 2.05. The summed E-state index contributed by atoms with van der Waals surface area (Å²) in [4.78, 5) is 11.8. The zero-order valence-electron chi connectivity index (χ0n) is 11.1. The molecule has 1 amide bonds. The number of anilines is 2. The van der Waals surface area contributed by atoms with Gasteiger partial charge < -0.3 is 11.1 Å². The van der Waals surface area contributed by atoms with E-state index in [-0.39, 0.29) is 5.91 Å². The van der Waals surface area contributed by atoms with Gasteiger partial charge in [0.25, 0.3) is 0 Å². The lowest BCUT2D eigenvalue weighted by molar-refractivity contribution is -0.111. The summed E-state index contributed by atoms with van der Waals surface area (Å²) in [6.45, 7) is 2.02. The molecule has 0 heterocycles. The van der Waals surface area contributed by atoms with Crippen LogP contribution in [-0.2, 0) is 4.79 Å². The van der Waals surface area contributed by atoms with Gasteiger partial charge in [-0.3, -0.25) is 4.79 Å². The Labute approximate surface area is 123 Å². The molecule has 2 aromatic rings. The second-order valence-corrected chi connectivity index (χ2v) is 4.88. The van der Waals surface area contributed by atoms with E-state index in [2.05, 4.69) is 5.32 Å². The number of aryl methyl sites for hydroxylation is 1. The summed E-state index contributed by atoms with van der Waals surface area (Å²) in [7, 11) is 0. The Morgan fingerprint density at radius 1 is 1.20 bits per heavy atom. The Morgan fingerprint density at radius 3 is 2.60 bits per heavy atom. The Bertz CT molecular complexity index is 648. The van der Waals surface area contributed by atoms with Gasteiger partial charge in [-0.25, -0.2) is 0 Å². The van der Waals surface area contributed by atoms with Gasteiger partial charge in [0.15, 0.2) is 0 Å². The maximum Gasteiger partial charge on any atom is 0.248 e. The Hall–Kier alpha value is -2.26. The van der Waals surface area contributed by atoms with Gasteiger partial charge in [0.1, 0.15) is 0 Å². The summed E-state index contributed by atoms with van der Waals surface area (Å²) in [5.41, 5.74) is 8.85. The molecule has 0 spiro atoms. The molecule has 2 aromatic carbocycles. The van der Waals surface area contributed by atoms with Gasteiger partial charge in [-0.15, -0.1) is 0 Å². The van der Waals surface area contributed by atoms with Gasteiger partial charge in [0.2, 0.25) is 5.91 Å². The van der Waals surface area contributed by atoms with E-state index in [4.69, 9.17) is 17.3 Å². The standard InChI is InChI=1S/C16H15ClN2O/c1-11-2-4-12(5-3-11)6-9-16(20)19-15-10-13(18)7-8-14(15)17/h2-10H,18H2,1H3,(H,19,20)/b9-6+. The number of carbonyl (C=O) groups excluding carboxylic acids is 1. The predicted octanol–water partition coefficient (Wildman–Crippen LogP) is 3.88. The van der Waals surface area contributed by atoms with Crippen LogP contribution in [0.5, 0.6) is 0 Å². The Kier molecular flexibility index (Phi) is 4.43. The van der Waals surface area contributed by atoms with E-state index in [0.717, 1.165) is 5.56 Å². The normalized spacial score (nSPS) is 10.7. The van der Waals surface area contributed by atoms with Crippen LogP contribution in [0.3, 0.4) is 0 Å². The molecule has 0 saturated carbocycles. The first-order chi connectivity index (χ1) is 9.54. The van der Waals surface area contributed by atoms with Gasteiger partial charge >= 0.3 is 0 Å². The van der Waals surface area contributed by atoms with Crippen molar-refractivity contribution < 1.29 is 4.79 Å². The van der Waals surface area contributed by atoms with Crippen molar-refractivity contribution in [1.82, 2.24) is 0 Å². The van der Waals surface area contributed by atoms with Crippen molar-refractivity contribution in [2.45, 2.75) is 6.92 Å². The highest BCUT2D eigenvalue weighted by Gasteiger charge is 2.03. The molecule has 0 fully saturated rings. The molecule has 0 aliphatic carbocycles. The summed E-state index contributed by atoms with van der Waals surface area (Å²) in [6, 6.07) is 12.8. The first-order valence-electron chi connectivity index (χ1n) is 6.15. The molecule has 0 aromatic heterocycles. The van der Waals surface area contributed by atoms with Gasteiger partial charge in [-0.05, 0) is 36.8 Å². The SMILES string of the molecule is Cc1ccc(/C=C/C(=O)Nc2cc(N)ccc2Cl)cc1. The summed E-state index contributed by atoms with van der Waals surface area (Å²) in [5.74, 6) is -0.252. The highest BCUT2D eigenvalue weighted by molar-refractivity contribution is 6.34. The fraction of sp³-hybridized carbons (Fsp3) is 0.0625. The zero-order valence-corrected chi connectivity index (χ0v) is 11.8. The van der Waals surface area contributed by atoms with Crippen LogP contribution in [0.15, 0.2) is 48.5 Å². The van der Waals surface area contributed by atoms with Crippen molar-refractivity contribution >= 4 is 35.0 Å². The first kappa shape index (κ1) is 14.2. The molecule has 0 unspecified atom stereocenters. The molecule has 0 bridgehead atoms. The number of nitrogen functional groups attached to an aromatic ring is 1. The fourth-order valence-electron chi connectivity index (χ4n) is 1.66. The second-order valence-electron chi connectivity index (χ2n) is 4.47. The number of benzene rings is 2. The number of halogens is 1. The minimum absolute atomic E-state index is 0.252. The molecule has 102 valence electrons. The molecule has 0 aliphatic heterocycles. The molecule has 4 heteroatoms. The molecule has 3 nitrogen and oxygen atoms in total. The molecule has 0 atom stereocenters. The van der Waals surface area contributed by atoms with Crippen molar-refractivity contribution in [3.05, 3.63) is 64.7 Å². The number of nitrogens with two attached hydrogens (primary N) is 1. The van der Waals surface area contributed by atoms with Crippen LogP contribution in [0.4, 0.5) is 11.4 Å². The van der Waals surface area contributed by atoms with Gasteiger partial charge in [0, 0.05) is 11.8 Å². The third-order valence-electron chi connectivity index (χ3n) is 2.75. The average molecular weight is 287 g/mol. The maximum absolute atomic E-state index is 11.8. The number of amides is 1. The first-order valence-corrected chi connectivity index (χ1v) is 6.53. The zero-order chi connectivity index (χ0) is 14.5. The summed E-state index contributed by atoms with van der Waals surface area (Å²) in [6.07, 6.45) is 3.21. The van der Waals surface area contributed by atoms with E-state index in [1.165, 1.54) is 11.6 Å². The number of hydrogen-bond acceptors (Lipinski definition) is 2. The predicted molar refractivity (Wildman–Crippen MR) is 84.7 cm³/mol. The van der Waals surface area contributed by atoms with Crippen molar-refractivity contribution in [2.75, 3.05) is 11.1 Å². The minimum Gasteiger partial charge on any atom is -0.399 e. The number of carbonyl (C=O) groups is 1. The van der Waals surface area contributed by atoms with Crippen LogP contribution < -0.4 is 11.1 Å². The summed E-state index contributed by atoms with van der Waals surface area (Å²) < 4.78 is 0. The molecule has 0 saturated heterocycles. The summed E-state index contributed by atoms with van der Waals surface area (Å²) in [5, 5.41) is 3.15. The smallest absolute Gasteiger partial charge is 0.248 e. The van der Waals surface area contributed by atoms with Crippen molar-refractivity contribution in [2.24, 2.45) is 0 Å². The lowest BCUT2D eigenvalue weighted by Gasteiger charge is -2.05. The van der Waals surface area contributed by atoms with Crippen molar-refractivity contribution in [3.8, 4) is 0 Å². The van der Waals surface area contributed by atoms with Crippen LogP contribution in [0.25, 0.3) is 6.08 Å². The quantitative estimate of drug-likeness (QED) is 0.664. The summed E-state index contributed by atoms with van der Waals surface area (Å²) >= 11 is 5.98. The van der Waals surface area contributed by atoms with Gasteiger partial charge in [-0.1, -0.05) is 41.4 Å². The van der Waals surface area contributed by atoms with E-state index in [9.17, 15) is 4.79 Å². The van der Waals surface area contributed by atoms with E-state index in [0.29, 0.717) is 16.4 Å². The van der Waals surface area contributed by atoms with Crippen LogP contribution in [0.1, 0.15) is 11.1 Å². The molecule has 0 aliphatic rings. The van der Waals surface area contributed by atoms with Crippen molar-refractivity contribution in [1.29, 1.82) is 0 Å². The van der Waals surface area contributed by atoms with E-state index in [1.807, 2.05) is 31.2 Å². The lowest BCUT2D eigenvalue weighted by atomic mass is 10.1. The molecule has 20 heavy (non-hydrogen) atoms. The molecular formula is C16H15ClN2O. The van der Waals surface area contributed by atoms with Crippen LogP contribution in [0, 0.1) is 6.92 Å². The van der Waals surface area contributed by atoms with Crippen LogP contribution >= 0.6 is 11.6 Å². The fourth-order valence-corrected chi connectivity index (χ4v) is 1.83. The lowest BCUT2D eigenvalue weighted by Crippen LogP contribution is -2.08. The third-order valence-corrected chi connectivity index (χ3v) is 3.08. The molecule has 0 radical (unpaired) electrons. The monoisotopic (exact) mass is 286 g/mol. The number of hydrogen-bond donors (Lipinski definition) is 2. The molecule has 3 N–H and O–H groups in total. The van der Waals surface area contributed by atoms with Gasteiger partial charge in [-0.2, -0.15) is 0 Å². The van der Waals surface area contributed by atoms with Gasteiger partial charge in [0.05, 0.1) is 10.7 Å². The third kappa shape index (κ3) is 3.87. The minimum atomic E-state index is -0.252. The van der Waals surface area contributed by atoms with Crippen molar-refractivity contribution in [3.63, 3.8) is 0 Å². The maximum atomic E-state index is 11.8. The number of nitrogens with one attached hydrogen (secondary N) is 1. The molecule has 2 rings (SSSR count). The average Bonchev–Trinajstić information content (AvgIpc) is 2.42. The van der Waals surface area contributed by atoms with Crippen LogP contribution in [-0.4, -0.2) is 5.91 Å². The molecular weight excluding hydrogens is 272 g/mol. The Morgan fingerprint density at radius 2 is 1.90 bits per heavy atom.